The molecule has 1 aliphatic rings. The van der Waals surface area contributed by atoms with Crippen LogP contribution in [-0.4, -0.2) is 45.5 Å². The maximum atomic E-state index is 13.7. The van der Waals surface area contributed by atoms with Crippen molar-refractivity contribution < 1.29 is 22.3 Å². The van der Waals surface area contributed by atoms with E-state index in [-0.39, 0.29) is 36.7 Å². The first-order chi connectivity index (χ1) is 10.3. The smallest absolute Gasteiger partial charge is 0.245 e. The third-order valence-electron chi connectivity index (χ3n) is 3.94. The molecule has 1 aromatic rings. The van der Waals surface area contributed by atoms with Crippen molar-refractivity contribution in [3.05, 3.63) is 24.0 Å². The van der Waals surface area contributed by atoms with Gasteiger partial charge in [0.2, 0.25) is 5.91 Å². The fourth-order valence-corrected chi connectivity index (χ4v) is 3.92. The summed E-state index contributed by atoms with van der Waals surface area (Å²) in [6.45, 7) is 0.884. The minimum Gasteiger partial charge on any atom is -0.494 e. The summed E-state index contributed by atoms with van der Waals surface area (Å²) in [5, 5.41) is 5.54. The quantitative estimate of drug-likeness (QED) is 0.840. The molecule has 2 N–H and O–H groups in total. The highest BCUT2D eigenvalue weighted by Gasteiger charge is 2.48. The highest BCUT2D eigenvalue weighted by atomic mass is 35.5. The lowest BCUT2D eigenvalue weighted by atomic mass is 9.95. The van der Waals surface area contributed by atoms with Crippen molar-refractivity contribution in [3.63, 3.8) is 0 Å². The van der Waals surface area contributed by atoms with Crippen molar-refractivity contribution in [2.75, 3.05) is 31.8 Å². The van der Waals surface area contributed by atoms with Crippen LogP contribution in [0.15, 0.2) is 18.2 Å². The van der Waals surface area contributed by atoms with E-state index in [0.29, 0.717) is 13.1 Å². The van der Waals surface area contributed by atoms with Gasteiger partial charge in [0, 0.05) is 18.0 Å². The number of anilines is 1. The lowest BCUT2D eigenvalue weighted by Gasteiger charge is -2.34. The van der Waals surface area contributed by atoms with Crippen molar-refractivity contribution in [3.8, 4) is 5.75 Å². The van der Waals surface area contributed by atoms with Crippen molar-refractivity contribution in [1.82, 2.24) is 5.32 Å². The van der Waals surface area contributed by atoms with Gasteiger partial charge in [-0.2, -0.15) is 0 Å². The molecule has 0 unspecified atom stereocenters. The second kappa shape index (κ2) is 7.46. The molecule has 1 saturated heterocycles. The lowest BCUT2D eigenvalue weighted by molar-refractivity contribution is -0.119. The molecule has 0 atom stereocenters. The maximum absolute atomic E-state index is 13.7. The number of amides is 1. The molecular weight excluding hydrogens is 347 g/mol. The van der Waals surface area contributed by atoms with Gasteiger partial charge in [0.15, 0.2) is 26.2 Å². The third-order valence-corrected chi connectivity index (χ3v) is 5.96. The molecule has 0 aromatic heterocycles. The molecule has 0 bridgehead atoms. The predicted octanol–water partition coefficient (Wildman–Crippen LogP) is 1.36. The van der Waals surface area contributed by atoms with Crippen LogP contribution < -0.4 is 15.4 Å². The second-order valence-electron chi connectivity index (χ2n) is 5.32. The van der Waals surface area contributed by atoms with Crippen LogP contribution in [0.3, 0.4) is 0 Å². The summed E-state index contributed by atoms with van der Waals surface area (Å²) in [7, 11) is -2.26. The molecule has 0 aliphatic carbocycles. The van der Waals surface area contributed by atoms with E-state index < -0.39 is 26.3 Å². The average molecular weight is 367 g/mol. The van der Waals surface area contributed by atoms with E-state index in [1.807, 2.05) is 0 Å². The second-order valence-corrected chi connectivity index (χ2v) is 7.65. The summed E-state index contributed by atoms with van der Waals surface area (Å²) in [4.78, 5) is 12.5. The Labute approximate surface area is 141 Å². The zero-order chi connectivity index (χ0) is 16.4. The van der Waals surface area contributed by atoms with Gasteiger partial charge in [-0.15, -0.1) is 12.4 Å². The first-order valence-corrected chi connectivity index (χ1v) is 8.74. The van der Waals surface area contributed by atoms with Crippen LogP contribution in [-0.2, 0) is 14.6 Å². The number of hydrogen-bond donors (Lipinski definition) is 2. The Morgan fingerprint density at radius 2 is 1.96 bits per heavy atom. The van der Waals surface area contributed by atoms with E-state index in [9.17, 15) is 17.6 Å². The van der Waals surface area contributed by atoms with Gasteiger partial charge in [-0.05, 0) is 38.1 Å². The van der Waals surface area contributed by atoms with Gasteiger partial charge in [0.25, 0.3) is 0 Å². The zero-order valence-electron chi connectivity index (χ0n) is 12.9. The average Bonchev–Trinajstić information content (AvgIpc) is 2.47. The van der Waals surface area contributed by atoms with Crippen LogP contribution in [0.1, 0.15) is 12.8 Å². The Balaban J connectivity index is 0.00000264. The first-order valence-electron chi connectivity index (χ1n) is 6.85. The van der Waals surface area contributed by atoms with Crippen LogP contribution in [0.5, 0.6) is 5.75 Å². The molecule has 0 spiro atoms. The number of benzene rings is 1. The Morgan fingerprint density at radius 1 is 1.35 bits per heavy atom. The fraction of sp³-hybridized carbons (Fsp3) is 0.500. The van der Waals surface area contributed by atoms with Gasteiger partial charge in [-0.3, -0.25) is 4.79 Å². The minimum absolute atomic E-state index is 0. The van der Waals surface area contributed by atoms with Crippen LogP contribution >= 0.6 is 12.4 Å². The van der Waals surface area contributed by atoms with Gasteiger partial charge < -0.3 is 15.4 Å². The van der Waals surface area contributed by atoms with E-state index >= 15 is 0 Å². The van der Waals surface area contributed by atoms with Gasteiger partial charge in [0.1, 0.15) is 0 Å². The molecule has 1 heterocycles. The molecule has 1 aromatic carbocycles. The molecule has 2 rings (SSSR count). The summed E-state index contributed by atoms with van der Waals surface area (Å²) in [5.41, 5.74) is 0.199. The monoisotopic (exact) mass is 366 g/mol. The number of sulfone groups is 1. The van der Waals surface area contributed by atoms with E-state index in [0.717, 1.165) is 12.3 Å². The topological polar surface area (TPSA) is 84.5 Å². The van der Waals surface area contributed by atoms with Crippen molar-refractivity contribution in [2.24, 2.45) is 0 Å². The fourth-order valence-electron chi connectivity index (χ4n) is 2.59. The van der Waals surface area contributed by atoms with E-state index in [1.165, 1.54) is 19.2 Å². The van der Waals surface area contributed by atoms with Gasteiger partial charge >= 0.3 is 0 Å². The number of hydrogen-bond acceptors (Lipinski definition) is 5. The molecule has 23 heavy (non-hydrogen) atoms. The molecule has 9 heteroatoms. The van der Waals surface area contributed by atoms with Gasteiger partial charge in [-0.25, -0.2) is 12.8 Å². The summed E-state index contributed by atoms with van der Waals surface area (Å²) < 4.78 is 41.2. The Morgan fingerprint density at radius 3 is 2.43 bits per heavy atom. The Hall–Kier alpha value is -1.38. The summed E-state index contributed by atoms with van der Waals surface area (Å²) in [5.74, 6) is -1.20. The number of carbonyl (C=O) groups is 1. The molecule has 6 nitrogen and oxygen atoms in total. The van der Waals surface area contributed by atoms with Gasteiger partial charge in [0.05, 0.1) is 7.11 Å². The molecule has 1 aliphatic heterocycles. The number of nitrogens with one attached hydrogen (secondary N) is 2. The number of rotatable bonds is 4. The van der Waals surface area contributed by atoms with Crippen molar-refractivity contribution >= 4 is 33.8 Å². The normalized spacial score (nSPS) is 17.0. The Bertz CT molecular complexity index is 675. The summed E-state index contributed by atoms with van der Waals surface area (Å²) in [6.07, 6.45) is 1.44. The Kier molecular flexibility index (Phi) is 6.38. The molecule has 0 radical (unpaired) electrons. The summed E-state index contributed by atoms with van der Waals surface area (Å²) >= 11 is 0. The molecule has 1 amide bonds. The summed E-state index contributed by atoms with van der Waals surface area (Å²) in [6, 6.07) is 3.95. The number of halogens is 2. The maximum Gasteiger partial charge on any atom is 0.245 e. The standard InChI is InChI=1S/C14H19FN2O4S.ClH/c1-21-12-4-3-10(9-11(12)15)17-13(18)14(22(2,19)20)5-7-16-8-6-14;/h3-4,9,16H,5-8H2,1-2H3,(H,17,18);1H. The van der Waals surface area contributed by atoms with E-state index in [2.05, 4.69) is 10.6 Å². The van der Waals surface area contributed by atoms with Crippen molar-refractivity contribution in [2.45, 2.75) is 17.6 Å². The third kappa shape index (κ3) is 3.94. The van der Waals surface area contributed by atoms with Gasteiger partial charge in [-0.1, -0.05) is 0 Å². The number of carbonyl (C=O) groups excluding carboxylic acids is 1. The molecule has 0 saturated carbocycles. The van der Waals surface area contributed by atoms with E-state index in [4.69, 9.17) is 4.74 Å². The molecular formula is C14H20ClFN2O4S. The predicted molar refractivity (Wildman–Crippen MR) is 88.5 cm³/mol. The number of methoxy groups -OCH3 is 1. The number of ether oxygens (including phenoxy) is 1. The van der Waals surface area contributed by atoms with Crippen LogP contribution in [0, 0.1) is 5.82 Å². The van der Waals surface area contributed by atoms with Crippen LogP contribution in [0.2, 0.25) is 0 Å². The SMILES string of the molecule is COc1ccc(NC(=O)C2(S(C)(=O)=O)CCNCC2)cc1F.Cl. The van der Waals surface area contributed by atoms with Crippen LogP contribution in [0.4, 0.5) is 10.1 Å². The van der Waals surface area contributed by atoms with E-state index in [1.54, 1.807) is 0 Å². The number of piperidine rings is 1. The highest BCUT2D eigenvalue weighted by molar-refractivity contribution is 7.92. The minimum atomic E-state index is -3.60. The first kappa shape index (κ1) is 19.7. The molecule has 130 valence electrons. The highest BCUT2D eigenvalue weighted by Crippen LogP contribution is 2.30. The molecule has 1 fully saturated rings. The zero-order valence-corrected chi connectivity index (χ0v) is 14.5. The van der Waals surface area contributed by atoms with Crippen LogP contribution in [0.25, 0.3) is 0 Å². The van der Waals surface area contributed by atoms with Crippen molar-refractivity contribution in [1.29, 1.82) is 0 Å². The lowest BCUT2D eigenvalue weighted by Crippen LogP contribution is -2.55. The largest absolute Gasteiger partial charge is 0.494 e.